The van der Waals surface area contributed by atoms with Gasteiger partial charge >= 0.3 is 11.7 Å². The topological polar surface area (TPSA) is 75.4 Å². The summed E-state index contributed by atoms with van der Waals surface area (Å²) in [4.78, 5) is 29.2. The smallest absolute Gasteiger partial charge is 0.324 e. The molecular weight excluding hydrogens is 356 g/mol. The van der Waals surface area contributed by atoms with Crippen LogP contribution in [0.3, 0.4) is 0 Å². The molecule has 152 valence electrons. The molecule has 0 aliphatic carbocycles. The molecule has 1 aliphatic rings. The number of carbonyl (C=O) groups excluding carboxylic acids is 1. The van der Waals surface area contributed by atoms with Crippen molar-refractivity contribution >= 4 is 11.7 Å². The van der Waals surface area contributed by atoms with Crippen LogP contribution in [0.25, 0.3) is 0 Å². The molecule has 1 N–H and O–H groups in total. The van der Waals surface area contributed by atoms with Gasteiger partial charge < -0.3 is 15.1 Å². The maximum atomic E-state index is 12.7. The van der Waals surface area contributed by atoms with Gasteiger partial charge in [0.1, 0.15) is 5.82 Å². The Morgan fingerprint density at radius 1 is 1.29 bits per heavy atom. The van der Waals surface area contributed by atoms with E-state index in [-0.39, 0.29) is 17.6 Å². The van der Waals surface area contributed by atoms with E-state index in [1.54, 1.807) is 9.25 Å². The first-order valence-electron chi connectivity index (χ1n) is 9.92. The number of piperidine rings is 1. The summed E-state index contributed by atoms with van der Waals surface area (Å²) in [6.45, 7) is 5.16. The maximum absolute atomic E-state index is 12.7. The first kappa shape index (κ1) is 20.1. The average Bonchev–Trinajstić information content (AvgIpc) is 3.02. The lowest BCUT2D eigenvalue weighted by atomic mass is 9.97. The van der Waals surface area contributed by atoms with Crippen molar-refractivity contribution in [3.63, 3.8) is 0 Å². The number of benzene rings is 1. The number of likely N-dealkylation sites (tertiary alicyclic amines) is 1. The van der Waals surface area contributed by atoms with Crippen molar-refractivity contribution in [2.24, 2.45) is 0 Å². The fourth-order valence-electron chi connectivity index (χ4n) is 3.59. The summed E-state index contributed by atoms with van der Waals surface area (Å²) < 4.78 is 3.31. The normalized spacial score (nSPS) is 17.1. The van der Waals surface area contributed by atoms with Crippen LogP contribution in [0.4, 0.5) is 10.5 Å². The lowest BCUT2D eigenvalue weighted by Crippen LogP contribution is -2.42. The Hall–Kier alpha value is -2.61. The van der Waals surface area contributed by atoms with Gasteiger partial charge in [0.25, 0.3) is 0 Å². The number of rotatable bonds is 6. The van der Waals surface area contributed by atoms with Crippen molar-refractivity contribution in [2.75, 3.05) is 39.0 Å². The van der Waals surface area contributed by atoms with Gasteiger partial charge in [-0.05, 0) is 46.0 Å². The van der Waals surface area contributed by atoms with E-state index in [1.165, 1.54) is 0 Å². The standard InChI is InChI=1S/C20H30N6O2/c1-4-25-18(22-26(20(25)28)14-13-23(2)3)16-9-8-12-24(15-16)19(27)21-17-10-6-5-7-11-17/h5-7,10-11,16H,4,8-9,12-15H2,1-3H3,(H,21,27). The molecular formula is C20H30N6O2. The lowest BCUT2D eigenvalue weighted by molar-refractivity contribution is 0.190. The average molecular weight is 387 g/mol. The van der Waals surface area contributed by atoms with Crippen LogP contribution in [-0.4, -0.2) is 63.9 Å². The number of likely N-dealkylation sites (N-methyl/N-ethyl adjacent to an activating group) is 1. The Morgan fingerprint density at radius 2 is 2.04 bits per heavy atom. The highest BCUT2D eigenvalue weighted by Gasteiger charge is 2.29. The maximum Gasteiger partial charge on any atom is 0.345 e. The summed E-state index contributed by atoms with van der Waals surface area (Å²) in [6, 6.07) is 9.36. The SMILES string of the molecule is CCn1c(C2CCCN(C(=O)Nc3ccccc3)C2)nn(CCN(C)C)c1=O. The number of hydrogen-bond acceptors (Lipinski definition) is 4. The molecule has 28 heavy (non-hydrogen) atoms. The molecule has 1 atom stereocenters. The van der Waals surface area contributed by atoms with Crippen molar-refractivity contribution in [3.05, 3.63) is 46.6 Å². The third kappa shape index (κ3) is 4.62. The van der Waals surface area contributed by atoms with Crippen LogP contribution < -0.4 is 11.0 Å². The molecule has 0 spiro atoms. The second-order valence-electron chi connectivity index (χ2n) is 7.49. The molecule has 1 unspecified atom stereocenters. The molecule has 0 saturated carbocycles. The van der Waals surface area contributed by atoms with Crippen molar-refractivity contribution in [1.82, 2.24) is 24.1 Å². The van der Waals surface area contributed by atoms with Gasteiger partial charge in [0.05, 0.1) is 6.54 Å². The number of aromatic nitrogens is 3. The summed E-state index contributed by atoms with van der Waals surface area (Å²) in [6.07, 6.45) is 1.83. The minimum absolute atomic E-state index is 0.0646. The number of nitrogens with one attached hydrogen (secondary N) is 1. The summed E-state index contributed by atoms with van der Waals surface area (Å²) >= 11 is 0. The van der Waals surface area contributed by atoms with Crippen LogP contribution in [0.2, 0.25) is 0 Å². The molecule has 1 aromatic heterocycles. The predicted molar refractivity (Wildman–Crippen MR) is 110 cm³/mol. The Morgan fingerprint density at radius 3 is 2.71 bits per heavy atom. The Labute approximate surface area is 165 Å². The summed E-state index contributed by atoms with van der Waals surface area (Å²) in [5.74, 6) is 0.868. The molecule has 2 heterocycles. The second kappa shape index (κ2) is 9.05. The van der Waals surface area contributed by atoms with Crippen LogP contribution in [-0.2, 0) is 13.1 Å². The van der Waals surface area contributed by atoms with E-state index in [2.05, 4.69) is 10.4 Å². The van der Waals surface area contributed by atoms with Gasteiger partial charge in [-0.3, -0.25) is 4.57 Å². The fraction of sp³-hybridized carbons (Fsp3) is 0.550. The Bertz CT molecular complexity index is 842. The van der Waals surface area contributed by atoms with Gasteiger partial charge in [0.15, 0.2) is 0 Å². The third-order valence-corrected chi connectivity index (χ3v) is 5.13. The Kier molecular flexibility index (Phi) is 6.51. The number of hydrogen-bond donors (Lipinski definition) is 1. The highest BCUT2D eigenvalue weighted by atomic mass is 16.2. The molecule has 8 nitrogen and oxygen atoms in total. The molecule has 1 aliphatic heterocycles. The third-order valence-electron chi connectivity index (χ3n) is 5.13. The number of anilines is 1. The molecule has 2 amide bonds. The van der Waals surface area contributed by atoms with E-state index in [0.717, 1.165) is 30.9 Å². The van der Waals surface area contributed by atoms with Crippen LogP contribution in [0.5, 0.6) is 0 Å². The number of nitrogens with zero attached hydrogens (tertiary/aromatic N) is 5. The van der Waals surface area contributed by atoms with Crippen LogP contribution in [0.1, 0.15) is 31.5 Å². The molecule has 0 bridgehead atoms. The summed E-state index contributed by atoms with van der Waals surface area (Å²) in [5.41, 5.74) is 0.721. The van der Waals surface area contributed by atoms with Crippen LogP contribution in [0, 0.1) is 0 Å². The number of urea groups is 1. The van der Waals surface area contributed by atoms with Crippen molar-refractivity contribution in [1.29, 1.82) is 0 Å². The highest BCUT2D eigenvalue weighted by Crippen LogP contribution is 2.25. The van der Waals surface area contributed by atoms with E-state index < -0.39 is 0 Å². The zero-order valence-corrected chi connectivity index (χ0v) is 17.0. The summed E-state index contributed by atoms with van der Waals surface area (Å²) in [5, 5.41) is 7.58. The van der Waals surface area contributed by atoms with Gasteiger partial charge in [-0.15, -0.1) is 0 Å². The first-order valence-corrected chi connectivity index (χ1v) is 9.92. The molecule has 2 aromatic rings. The molecule has 8 heteroatoms. The lowest BCUT2D eigenvalue weighted by Gasteiger charge is -2.32. The molecule has 1 aromatic carbocycles. The van der Waals surface area contributed by atoms with E-state index in [1.807, 2.05) is 61.2 Å². The minimum Gasteiger partial charge on any atom is -0.324 e. The summed E-state index contributed by atoms with van der Waals surface area (Å²) in [7, 11) is 3.96. The number of para-hydroxylation sites is 1. The van der Waals surface area contributed by atoms with Crippen molar-refractivity contribution in [3.8, 4) is 0 Å². The van der Waals surface area contributed by atoms with Gasteiger partial charge in [-0.2, -0.15) is 5.10 Å². The molecule has 1 fully saturated rings. The van der Waals surface area contributed by atoms with E-state index in [9.17, 15) is 9.59 Å². The van der Waals surface area contributed by atoms with Crippen molar-refractivity contribution < 1.29 is 4.79 Å². The molecule has 3 rings (SSSR count). The van der Waals surface area contributed by atoms with Crippen molar-refractivity contribution in [2.45, 2.75) is 38.8 Å². The molecule has 1 saturated heterocycles. The Balaban J connectivity index is 1.73. The van der Waals surface area contributed by atoms with Crippen LogP contribution in [0.15, 0.2) is 35.1 Å². The van der Waals surface area contributed by atoms with E-state index in [0.29, 0.717) is 26.2 Å². The van der Waals surface area contributed by atoms with E-state index >= 15 is 0 Å². The first-order chi connectivity index (χ1) is 13.5. The fourth-order valence-corrected chi connectivity index (χ4v) is 3.59. The second-order valence-corrected chi connectivity index (χ2v) is 7.49. The number of amides is 2. The van der Waals surface area contributed by atoms with Crippen LogP contribution >= 0.6 is 0 Å². The zero-order chi connectivity index (χ0) is 20.1. The molecule has 0 radical (unpaired) electrons. The van der Waals surface area contributed by atoms with Gasteiger partial charge in [-0.25, -0.2) is 14.3 Å². The predicted octanol–water partition coefficient (Wildman–Crippen LogP) is 2.04. The largest absolute Gasteiger partial charge is 0.345 e. The van der Waals surface area contributed by atoms with Gasteiger partial charge in [0.2, 0.25) is 0 Å². The zero-order valence-electron chi connectivity index (χ0n) is 17.0. The highest BCUT2D eigenvalue weighted by molar-refractivity contribution is 5.89. The van der Waals surface area contributed by atoms with E-state index in [4.69, 9.17) is 0 Å². The van der Waals surface area contributed by atoms with Gasteiger partial charge in [-0.1, -0.05) is 18.2 Å². The van der Waals surface area contributed by atoms with Gasteiger partial charge in [0, 0.05) is 37.8 Å². The number of carbonyl (C=O) groups is 1. The minimum atomic E-state index is -0.103. The monoisotopic (exact) mass is 386 g/mol. The quantitative estimate of drug-likeness (QED) is 0.824.